The summed E-state index contributed by atoms with van der Waals surface area (Å²) >= 11 is 0. The molecule has 0 fully saturated rings. The van der Waals surface area contributed by atoms with E-state index < -0.39 is 6.10 Å². The van der Waals surface area contributed by atoms with E-state index in [1.54, 1.807) is 12.5 Å². The molecule has 1 aliphatic carbocycles. The molecule has 1 heterocycles. The van der Waals surface area contributed by atoms with Crippen molar-refractivity contribution in [3.63, 3.8) is 0 Å². The van der Waals surface area contributed by atoms with E-state index in [-0.39, 0.29) is 5.92 Å². The number of hydrogen-bond acceptors (Lipinski definition) is 2. The number of benzene rings is 1. The van der Waals surface area contributed by atoms with Crippen molar-refractivity contribution in [3.05, 3.63) is 59.5 Å². The largest absolute Gasteiger partial charge is 0.472 e. The number of aliphatic hydroxyl groups is 1. The van der Waals surface area contributed by atoms with Gasteiger partial charge in [0.15, 0.2) is 0 Å². The van der Waals surface area contributed by atoms with Crippen LogP contribution in [0.25, 0.3) is 0 Å². The molecule has 2 nitrogen and oxygen atoms in total. The normalized spacial score (nSPS) is 17.3. The first kappa shape index (κ1) is 9.67. The third-order valence-electron chi connectivity index (χ3n) is 3.41. The molecule has 1 aromatic carbocycles. The minimum absolute atomic E-state index is 0.287. The van der Waals surface area contributed by atoms with Crippen LogP contribution in [0.1, 0.15) is 22.8 Å². The maximum absolute atomic E-state index is 10.2. The first-order chi connectivity index (χ1) is 7.84. The third-order valence-corrected chi connectivity index (χ3v) is 3.41. The molecule has 2 heteroatoms. The van der Waals surface area contributed by atoms with E-state index in [1.807, 2.05) is 6.07 Å². The SMILES string of the molecule is OC(c1ccoc1)C1Cc2ccccc2C1. The van der Waals surface area contributed by atoms with Crippen LogP contribution in [-0.4, -0.2) is 5.11 Å². The van der Waals surface area contributed by atoms with Gasteiger partial charge in [-0.15, -0.1) is 0 Å². The number of fused-ring (bicyclic) bond motifs is 1. The fourth-order valence-electron chi connectivity index (χ4n) is 2.53. The van der Waals surface area contributed by atoms with E-state index in [2.05, 4.69) is 24.3 Å². The number of hydrogen-bond donors (Lipinski definition) is 1. The van der Waals surface area contributed by atoms with Crippen LogP contribution < -0.4 is 0 Å². The maximum Gasteiger partial charge on any atom is 0.0960 e. The summed E-state index contributed by atoms with van der Waals surface area (Å²) in [4.78, 5) is 0. The van der Waals surface area contributed by atoms with Gasteiger partial charge in [0.05, 0.1) is 18.6 Å². The van der Waals surface area contributed by atoms with E-state index in [1.165, 1.54) is 11.1 Å². The molecule has 1 N–H and O–H groups in total. The second-order valence-corrected chi connectivity index (χ2v) is 4.44. The zero-order chi connectivity index (χ0) is 11.0. The van der Waals surface area contributed by atoms with Gasteiger partial charge in [-0.1, -0.05) is 24.3 Å². The summed E-state index contributed by atoms with van der Waals surface area (Å²) in [5.41, 5.74) is 3.63. The first-order valence-corrected chi connectivity index (χ1v) is 5.61. The molecule has 1 atom stereocenters. The Kier molecular flexibility index (Phi) is 2.29. The monoisotopic (exact) mass is 214 g/mol. The van der Waals surface area contributed by atoms with E-state index in [9.17, 15) is 5.11 Å². The molecule has 0 spiro atoms. The standard InChI is InChI=1S/C14H14O2/c15-14(12-5-6-16-9-12)13-7-10-3-1-2-4-11(10)8-13/h1-6,9,13-15H,7-8H2. The highest BCUT2D eigenvalue weighted by atomic mass is 16.3. The molecular formula is C14H14O2. The van der Waals surface area contributed by atoms with Gasteiger partial charge < -0.3 is 9.52 Å². The fraction of sp³-hybridized carbons (Fsp3) is 0.286. The highest BCUT2D eigenvalue weighted by Gasteiger charge is 2.28. The van der Waals surface area contributed by atoms with Gasteiger partial charge in [0.1, 0.15) is 0 Å². The van der Waals surface area contributed by atoms with Gasteiger partial charge in [0, 0.05) is 5.56 Å². The van der Waals surface area contributed by atoms with Crippen LogP contribution in [0.5, 0.6) is 0 Å². The first-order valence-electron chi connectivity index (χ1n) is 5.61. The second-order valence-electron chi connectivity index (χ2n) is 4.44. The van der Waals surface area contributed by atoms with Gasteiger partial charge in [-0.3, -0.25) is 0 Å². The molecule has 1 unspecified atom stereocenters. The Hall–Kier alpha value is -1.54. The molecule has 0 aliphatic heterocycles. The van der Waals surface area contributed by atoms with Crippen LogP contribution in [0.2, 0.25) is 0 Å². The Bertz CT molecular complexity index is 448. The van der Waals surface area contributed by atoms with Crippen LogP contribution in [0.3, 0.4) is 0 Å². The molecule has 1 aromatic heterocycles. The van der Waals surface area contributed by atoms with Gasteiger partial charge in [0.2, 0.25) is 0 Å². The summed E-state index contributed by atoms with van der Waals surface area (Å²) in [6.45, 7) is 0. The lowest BCUT2D eigenvalue weighted by Crippen LogP contribution is -2.11. The van der Waals surface area contributed by atoms with Crippen LogP contribution in [0.15, 0.2) is 47.3 Å². The number of furan rings is 1. The summed E-state index contributed by atoms with van der Waals surface area (Å²) in [6, 6.07) is 10.3. The molecule has 0 amide bonds. The molecule has 1 aliphatic rings. The lowest BCUT2D eigenvalue weighted by atomic mass is 9.95. The summed E-state index contributed by atoms with van der Waals surface area (Å²) < 4.78 is 5.01. The van der Waals surface area contributed by atoms with Gasteiger partial charge in [-0.25, -0.2) is 0 Å². The van der Waals surface area contributed by atoms with Crippen molar-refractivity contribution in [1.82, 2.24) is 0 Å². The Morgan fingerprint density at radius 2 is 1.81 bits per heavy atom. The van der Waals surface area contributed by atoms with Crippen LogP contribution in [0, 0.1) is 5.92 Å². The topological polar surface area (TPSA) is 33.4 Å². The Morgan fingerprint density at radius 3 is 2.38 bits per heavy atom. The predicted molar refractivity (Wildman–Crippen MR) is 61.0 cm³/mol. The van der Waals surface area contributed by atoms with Crippen molar-refractivity contribution in [2.75, 3.05) is 0 Å². The third kappa shape index (κ3) is 1.55. The molecular weight excluding hydrogens is 200 g/mol. The molecule has 0 radical (unpaired) electrons. The molecule has 0 bridgehead atoms. The van der Waals surface area contributed by atoms with Gasteiger partial charge in [0.25, 0.3) is 0 Å². The second kappa shape index (κ2) is 3.80. The molecule has 0 saturated heterocycles. The molecule has 16 heavy (non-hydrogen) atoms. The van der Waals surface area contributed by atoms with Crippen molar-refractivity contribution in [1.29, 1.82) is 0 Å². The quantitative estimate of drug-likeness (QED) is 0.833. The Morgan fingerprint density at radius 1 is 1.12 bits per heavy atom. The number of aliphatic hydroxyl groups excluding tert-OH is 1. The molecule has 82 valence electrons. The molecule has 3 rings (SSSR count). The lowest BCUT2D eigenvalue weighted by molar-refractivity contribution is 0.113. The fourth-order valence-corrected chi connectivity index (χ4v) is 2.53. The van der Waals surface area contributed by atoms with E-state index in [0.717, 1.165) is 18.4 Å². The van der Waals surface area contributed by atoms with Crippen LogP contribution >= 0.6 is 0 Å². The van der Waals surface area contributed by atoms with E-state index in [0.29, 0.717) is 0 Å². The van der Waals surface area contributed by atoms with Gasteiger partial charge in [-0.05, 0) is 36.0 Å². The molecule has 2 aromatic rings. The average molecular weight is 214 g/mol. The zero-order valence-electron chi connectivity index (χ0n) is 8.97. The smallest absolute Gasteiger partial charge is 0.0960 e. The van der Waals surface area contributed by atoms with Crippen molar-refractivity contribution < 1.29 is 9.52 Å². The Labute approximate surface area is 94.5 Å². The van der Waals surface area contributed by atoms with E-state index in [4.69, 9.17) is 4.42 Å². The summed E-state index contributed by atoms with van der Waals surface area (Å²) in [5, 5.41) is 10.2. The van der Waals surface area contributed by atoms with Crippen molar-refractivity contribution in [2.24, 2.45) is 5.92 Å². The highest BCUT2D eigenvalue weighted by Crippen LogP contribution is 2.35. The van der Waals surface area contributed by atoms with Crippen LogP contribution in [0.4, 0.5) is 0 Å². The predicted octanol–water partition coefficient (Wildman–Crippen LogP) is 2.73. The van der Waals surface area contributed by atoms with Crippen molar-refractivity contribution in [2.45, 2.75) is 18.9 Å². The lowest BCUT2D eigenvalue weighted by Gasteiger charge is -2.15. The minimum Gasteiger partial charge on any atom is -0.472 e. The average Bonchev–Trinajstić information content (AvgIpc) is 2.97. The van der Waals surface area contributed by atoms with Crippen molar-refractivity contribution >= 4 is 0 Å². The van der Waals surface area contributed by atoms with Gasteiger partial charge >= 0.3 is 0 Å². The number of rotatable bonds is 2. The summed E-state index contributed by atoms with van der Waals surface area (Å²) in [7, 11) is 0. The zero-order valence-corrected chi connectivity index (χ0v) is 8.97. The maximum atomic E-state index is 10.2. The molecule has 0 saturated carbocycles. The minimum atomic E-state index is -0.411. The van der Waals surface area contributed by atoms with E-state index >= 15 is 0 Å². The Balaban J connectivity index is 1.81. The van der Waals surface area contributed by atoms with Crippen molar-refractivity contribution in [3.8, 4) is 0 Å². The highest BCUT2D eigenvalue weighted by molar-refractivity contribution is 5.33. The summed E-state index contributed by atoms with van der Waals surface area (Å²) in [5.74, 6) is 0.287. The van der Waals surface area contributed by atoms with Gasteiger partial charge in [-0.2, -0.15) is 0 Å². The summed E-state index contributed by atoms with van der Waals surface area (Å²) in [6.07, 6.45) is 4.76. The van der Waals surface area contributed by atoms with Crippen LogP contribution in [-0.2, 0) is 12.8 Å².